The molecule has 33 heavy (non-hydrogen) atoms. The highest BCUT2D eigenvalue weighted by Crippen LogP contribution is 2.44. The number of para-hydroxylation sites is 1. The van der Waals surface area contributed by atoms with Crippen molar-refractivity contribution in [2.75, 3.05) is 32.5 Å². The number of carbonyl (C=O) groups excluding carboxylic acids is 4. The highest BCUT2D eigenvalue weighted by molar-refractivity contribution is 5.97. The molecular formula is C23H26N4O6. The first kappa shape index (κ1) is 22.4. The van der Waals surface area contributed by atoms with E-state index < -0.39 is 35.5 Å². The number of benzene rings is 1. The molecule has 0 aliphatic carbocycles. The molecule has 0 unspecified atom stereocenters. The van der Waals surface area contributed by atoms with E-state index in [1.807, 2.05) is 0 Å². The minimum absolute atomic E-state index is 0.239. The van der Waals surface area contributed by atoms with Gasteiger partial charge in [-0.1, -0.05) is 18.2 Å². The standard InChI is InChI=1S/C23H26N4O6/c1-24-19(28)17-18(33-22(31)25-15-7-4-3-5-8-15)21(30)26(2)23(17)10-12-27(13-11-23)20(29)16-9-6-14-32-16/h3-9,14,17-18H,10-13H2,1-2H3,(H,24,28)(H,25,31)/t17-,18+/m0/s1. The first-order chi connectivity index (χ1) is 15.9. The third-order valence-corrected chi connectivity index (χ3v) is 6.56. The van der Waals surface area contributed by atoms with Gasteiger partial charge in [0.1, 0.15) is 5.92 Å². The lowest BCUT2D eigenvalue weighted by molar-refractivity contribution is -0.137. The van der Waals surface area contributed by atoms with Gasteiger partial charge in [0.05, 0.1) is 11.8 Å². The highest BCUT2D eigenvalue weighted by atomic mass is 16.6. The Morgan fingerprint density at radius 3 is 2.39 bits per heavy atom. The van der Waals surface area contributed by atoms with Gasteiger partial charge in [0.25, 0.3) is 11.8 Å². The van der Waals surface area contributed by atoms with Crippen molar-refractivity contribution in [2.45, 2.75) is 24.5 Å². The Bertz CT molecular complexity index is 1030. The van der Waals surface area contributed by atoms with Crippen molar-refractivity contribution in [2.24, 2.45) is 5.92 Å². The quantitative estimate of drug-likeness (QED) is 0.726. The topological polar surface area (TPSA) is 121 Å². The summed E-state index contributed by atoms with van der Waals surface area (Å²) in [5.41, 5.74) is -0.369. The van der Waals surface area contributed by atoms with Crippen molar-refractivity contribution >= 4 is 29.5 Å². The number of piperidine rings is 1. The second-order valence-electron chi connectivity index (χ2n) is 8.18. The molecule has 10 heteroatoms. The zero-order valence-corrected chi connectivity index (χ0v) is 18.4. The molecule has 2 saturated heterocycles. The summed E-state index contributed by atoms with van der Waals surface area (Å²) in [6.45, 7) is 0.654. The Labute approximate surface area is 190 Å². The van der Waals surface area contributed by atoms with Crippen LogP contribution in [0.4, 0.5) is 10.5 Å². The Balaban J connectivity index is 1.53. The summed E-state index contributed by atoms with van der Waals surface area (Å²) in [5, 5.41) is 5.19. The maximum atomic E-state index is 13.1. The van der Waals surface area contributed by atoms with Gasteiger partial charge in [0.2, 0.25) is 5.91 Å². The Morgan fingerprint density at radius 2 is 1.79 bits per heavy atom. The number of anilines is 1. The summed E-state index contributed by atoms with van der Waals surface area (Å²) in [4.78, 5) is 54.4. The van der Waals surface area contributed by atoms with Crippen molar-refractivity contribution in [1.29, 1.82) is 0 Å². The number of carbonyl (C=O) groups is 4. The SMILES string of the molecule is CNC(=O)[C@@H]1[C@@H](OC(=O)Nc2ccccc2)C(=O)N(C)C12CCN(C(=O)c1ccco1)CC2. The second kappa shape index (κ2) is 8.97. The third-order valence-electron chi connectivity index (χ3n) is 6.56. The minimum atomic E-state index is -1.27. The summed E-state index contributed by atoms with van der Waals surface area (Å²) < 4.78 is 10.7. The monoisotopic (exact) mass is 454 g/mol. The van der Waals surface area contributed by atoms with Crippen molar-refractivity contribution in [3.8, 4) is 0 Å². The van der Waals surface area contributed by atoms with E-state index in [2.05, 4.69) is 10.6 Å². The number of nitrogens with one attached hydrogen (secondary N) is 2. The average molecular weight is 454 g/mol. The average Bonchev–Trinajstić information content (AvgIpc) is 3.43. The van der Waals surface area contributed by atoms with Crippen LogP contribution in [-0.2, 0) is 14.3 Å². The molecular weight excluding hydrogens is 428 g/mol. The molecule has 1 aromatic carbocycles. The molecule has 0 bridgehead atoms. The lowest BCUT2D eigenvalue weighted by Gasteiger charge is -2.45. The molecule has 0 saturated carbocycles. The van der Waals surface area contributed by atoms with Crippen molar-refractivity contribution in [3.63, 3.8) is 0 Å². The van der Waals surface area contributed by atoms with Crippen LogP contribution in [0.15, 0.2) is 53.1 Å². The number of hydrogen-bond donors (Lipinski definition) is 2. The fraction of sp³-hybridized carbons (Fsp3) is 0.391. The van der Waals surface area contributed by atoms with Crippen LogP contribution in [0.3, 0.4) is 0 Å². The number of likely N-dealkylation sites (tertiary alicyclic amines) is 2. The van der Waals surface area contributed by atoms with Gasteiger partial charge < -0.3 is 24.3 Å². The van der Waals surface area contributed by atoms with Crippen LogP contribution in [0.2, 0.25) is 0 Å². The van der Waals surface area contributed by atoms with Crippen molar-refractivity contribution in [3.05, 3.63) is 54.5 Å². The third kappa shape index (κ3) is 4.04. The number of ether oxygens (including phenoxy) is 1. The molecule has 2 N–H and O–H groups in total. The number of amides is 4. The predicted molar refractivity (Wildman–Crippen MR) is 117 cm³/mol. The van der Waals surface area contributed by atoms with Gasteiger partial charge in [-0.05, 0) is 37.1 Å². The normalized spacial score (nSPS) is 21.7. The van der Waals surface area contributed by atoms with E-state index >= 15 is 0 Å². The van der Waals surface area contributed by atoms with Gasteiger partial charge in [0, 0.05) is 32.9 Å². The molecule has 174 valence electrons. The van der Waals surface area contributed by atoms with E-state index in [0.29, 0.717) is 31.6 Å². The van der Waals surface area contributed by atoms with Gasteiger partial charge in [-0.25, -0.2) is 4.79 Å². The van der Waals surface area contributed by atoms with E-state index in [-0.39, 0.29) is 11.7 Å². The molecule has 2 atom stereocenters. The van der Waals surface area contributed by atoms with E-state index in [1.54, 1.807) is 54.4 Å². The summed E-state index contributed by atoms with van der Waals surface area (Å²) in [7, 11) is 3.09. The van der Waals surface area contributed by atoms with E-state index in [0.717, 1.165) is 0 Å². The highest BCUT2D eigenvalue weighted by Gasteiger charge is 2.62. The lowest BCUT2D eigenvalue weighted by atomic mass is 9.75. The van der Waals surface area contributed by atoms with E-state index in [9.17, 15) is 19.2 Å². The van der Waals surface area contributed by atoms with Crippen molar-refractivity contribution in [1.82, 2.24) is 15.1 Å². The number of nitrogens with zero attached hydrogens (tertiary/aromatic N) is 2. The minimum Gasteiger partial charge on any atom is -0.459 e. The number of furan rings is 1. The molecule has 10 nitrogen and oxygen atoms in total. The van der Waals surface area contributed by atoms with Crippen LogP contribution in [-0.4, -0.2) is 72.4 Å². The van der Waals surface area contributed by atoms with Gasteiger partial charge in [0.15, 0.2) is 11.9 Å². The predicted octanol–water partition coefficient (Wildman–Crippen LogP) is 1.71. The van der Waals surface area contributed by atoms with Gasteiger partial charge >= 0.3 is 6.09 Å². The Kier molecular flexibility index (Phi) is 6.08. The van der Waals surface area contributed by atoms with Gasteiger partial charge in [-0.3, -0.25) is 19.7 Å². The fourth-order valence-corrected chi connectivity index (χ4v) is 4.78. The molecule has 1 aromatic heterocycles. The van der Waals surface area contributed by atoms with Gasteiger partial charge in [-0.15, -0.1) is 0 Å². The Morgan fingerprint density at radius 1 is 1.09 bits per heavy atom. The largest absolute Gasteiger partial charge is 0.459 e. The number of hydrogen-bond acceptors (Lipinski definition) is 6. The van der Waals surface area contributed by atoms with E-state index in [1.165, 1.54) is 18.2 Å². The first-order valence-corrected chi connectivity index (χ1v) is 10.7. The molecule has 2 fully saturated rings. The zero-order chi connectivity index (χ0) is 23.6. The fourth-order valence-electron chi connectivity index (χ4n) is 4.78. The summed E-state index contributed by atoms with van der Waals surface area (Å²) >= 11 is 0. The van der Waals surface area contributed by atoms with Crippen LogP contribution >= 0.6 is 0 Å². The smallest absolute Gasteiger partial charge is 0.412 e. The molecule has 2 aliphatic heterocycles. The second-order valence-corrected chi connectivity index (χ2v) is 8.18. The van der Waals surface area contributed by atoms with Crippen molar-refractivity contribution < 1.29 is 28.3 Å². The molecule has 4 amide bonds. The molecule has 0 radical (unpaired) electrons. The van der Waals surface area contributed by atoms with Gasteiger partial charge in [-0.2, -0.15) is 0 Å². The molecule has 4 rings (SSSR count). The van der Waals surface area contributed by atoms with Crippen LogP contribution in [0.5, 0.6) is 0 Å². The summed E-state index contributed by atoms with van der Waals surface area (Å²) in [5.74, 6) is -1.76. The van der Waals surface area contributed by atoms with Crippen LogP contribution in [0.1, 0.15) is 23.4 Å². The summed E-state index contributed by atoms with van der Waals surface area (Å²) in [6, 6.07) is 11.9. The molecule has 2 aromatic rings. The molecule has 2 aliphatic rings. The number of rotatable bonds is 4. The molecule has 1 spiro atoms. The molecule has 3 heterocycles. The van der Waals surface area contributed by atoms with E-state index in [4.69, 9.17) is 9.15 Å². The summed E-state index contributed by atoms with van der Waals surface area (Å²) in [6.07, 6.45) is 0.0711. The number of likely N-dealkylation sites (N-methyl/N-ethyl adjacent to an activating group) is 1. The van der Waals surface area contributed by atoms with Crippen LogP contribution in [0, 0.1) is 5.92 Å². The lowest BCUT2D eigenvalue weighted by Crippen LogP contribution is -2.58. The Hall–Kier alpha value is -3.82. The maximum Gasteiger partial charge on any atom is 0.412 e. The van der Waals surface area contributed by atoms with Crippen LogP contribution < -0.4 is 10.6 Å². The van der Waals surface area contributed by atoms with Crippen LogP contribution in [0.25, 0.3) is 0 Å². The maximum absolute atomic E-state index is 13.1. The zero-order valence-electron chi connectivity index (χ0n) is 18.4. The first-order valence-electron chi connectivity index (χ1n) is 10.7.